The van der Waals surface area contributed by atoms with Crippen molar-refractivity contribution in [3.05, 3.63) is 75.3 Å². The molecule has 2 fully saturated rings. The van der Waals surface area contributed by atoms with E-state index in [0.717, 1.165) is 47.7 Å². The standard InChI is InChI=1S/C24H24BrNO3/c1-15-6-5-7-17(14-15)21-20(22(27)16-10-12-18(25)13-11-16)23(28)24(29)26(21)19-8-3-2-4-9-19/h5-7,10-14,19,21,27H,2-4,8-9H2,1H3/b22-20-. The molecule has 1 saturated heterocycles. The molecule has 0 radical (unpaired) electrons. The molecule has 4 rings (SSSR count). The largest absolute Gasteiger partial charge is 0.507 e. The second-order valence-electron chi connectivity index (χ2n) is 7.92. The molecule has 1 amide bonds. The Labute approximate surface area is 179 Å². The van der Waals surface area contributed by atoms with Gasteiger partial charge < -0.3 is 10.0 Å². The molecule has 150 valence electrons. The van der Waals surface area contributed by atoms with Crippen molar-refractivity contribution in [2.75, 3.05) is 0 Å². The van der Waals surface area contributed by atoms with Crippen molar-refractivity contribution in [1.82, 2.24) is 4.90 Å². The minimum absolute atomic E-state index is 0.0286. The van der Waals surface area contributed by atoms with Crippen LogP contribution in [-0.2, 0) is 9.59 Å². The van der Waals surface area contributed by atoms with Crippen LogP contribution >= 0.6 is 15.9 Å². The van der Waals surface area contributed by atoms with Crippen LogP contribution < -0.4 is 0 Å². The highest BCUT2D eigenvalue weighted by molar-refractivity contribution is 9.10. The maximum atomic E-state index is 13.1. The topological polar surface area (TPSA) is 57.6 Å². The molecule has 2 aromatic carbocycles. The Hall–Kier alpha value is -2.40. The number of carbonyl (C=O) groups is 2. The summed E-state index contributed by atoms with van der Waals surface area (Å²) in [7, 11) is 0. The van der Waals surface area contributed by atoms with Crippen LogP contribution in [0.5, 0.6) is 0 Å². The van der Waals surface area contributed by atoms with Crippen LogP contribution in [0, 0.1) is 6.92 Å². The second kappa shape index (κ2) is 8.15. The van der Waals surface area contributed by atoms with E-state index in [4.69, 9.17) is 0 Å². The van der Waals surface area contributed by atoms with Crippen LogP contribution in [0.1, 0.15) is 54.8 Å². The van der Waals surface area contributed by atoms with Gasteiger partial charge in [-0.2, -0.15) is 0 Å². The Bertz CT molecular complexity index is 974. The first-order valence-electron chi connectivity index (χ1n) is 10.1. The predicted molar refractivity (Wildman–Crippen MR) is 116 cm³/mol. The Kier molecular flexibility index (Phi) is 5.59. The van der Waals surface area contributed by atoms with Crippen LogP contribution in [0.4, 0.5) is 0 Å². The van der Waals surface area contributed by atoms with E-state index in [1.165, 1.54) is 0 Å². The first-order valence-corrected chi connectivity index (χ1v) is 10.9. The van der Waals surface area contributed by atoms with Gasteiger partial charge in [0.1, 0.15) is 5.76 Å². The van der Waals surface area contributed by atoms with Gasteiger partial charge in [0.25, 0.3) is 11.7 Å². The van der Waals surface area contributed by atoms with Gasteiger partial charge in [0.05, 0.1) is 11.6 Å². The average Bonchev–Trinajstić information content (AvgIpc) is 2.99. The molecular formula is C24H24BrNO3. The molecule has 5 heteroatoms. The third-order valence-corrected chi connectivity index (χ3v) is 6.45. The zero-order chi connectivity index (χ0) is 20.5. The summed E-state index contributed by atoms with van der Waals surface area (Å²) in [6, 6.07) is 14.5. The van der Waals surface area contributed by atoms with Crippen molar-refractivity contribution in [2.45, 2.75) is 51.1 Å². The summed E-state index contributed by atoms with van der Waals surface area (Å²) in [5.41, 5.74) is 2.65. The number of ketones is 1. The SMILES string of the molecule is Cc1cccc(C2/C(=C(/O)c3ccc(Br)cc3)C(=O)C(=O)N2C2CCCCC2)c1. The average molecular weight is 454 g/mol. The smallest absolute Gasteiger partial charge is 0.295 e. The molecule has 1 heterocycles. The fourth-order valence-corrected chi connectivity index (χ4v) is 4.78. The first-order chi connectivity index (χ1) is 14.0. The first kappa shape index (κ1) is 19.9. The number of aryl methyl sites for hydroxylation is 1. The lowest BCUT2D eigenvalue weighted by atomic mass is 9.90. The molecule has 0 aromatic heterocycles. The minimum atomic E-state index is -0.595. The van der Waals surface area contributed by atoms with Gasteiger partial charge in [0.15, 0.2) is 0 Å². The Balaban J connectivity index is 1.87. The number of Topliss-reactive ketones (excluding diaryl/α,β-unsaturated/α-hetero) is 1. The van der Waals surface area contributed by atoms with Gasteiger partial charge in [-0.1, -0.05) is 77.2 Å². The number of benzene rings is 2. The third kappa shape index (κ3) is 3.76. The van der Waals surface area contributed by atoms with Crippen molar-refractivity contribution < 1.29 is 14.7 Å². The highest BCUT2D eigenvalue weighted by Crippen LogP contribution is 2.43. The van der Waals surface area contributed by atoms with Gasteiger partial charge >= 0.3 is 0 Å². The van der Waals surface area contributed by atoms with E-state index >= 15 is 0 Å². The number of likely N-dealkylation sites (tertiary alicyclic amines) is 1. The maximum absolute atomic E-state index is 13.1. The molecule has 29 heavy (non-hydrogen) atoms. The van der Waals surface area contributed by atoms with E-state index in [-0.39, 0.29) is 17.4 Å². The summed E-state index contributed by atoms with van der Waals surface area (Å²) >= 11 is 3.39. The number of halogens is 1. The zero-order valence-corrected chi connectivity index (χ0v) is 18.0. The summed E-state index contributed by atoms with van der Waals surface area (Å²) < 4.78 is 0.881. The second-order valence-corrected chi connectivity index (χ2v) is 8.83. The van der Waals surface area contributed by atoms with Crippen LogP contribution in [0.15, 0.2) is 58.6 Å². The van der Waals surface area contributed by atoms with Gasteiger partial charge in [0.2, 0.25) is 0 Å². The number of rotatable bonds is 3. The van der Waals surface area contributed by atoms with Crippen molar-refractivity contribution in [3.8, 4) is 0 Å². The molecule has 1 unspecified atom stereocenters. The molecular weight excluding hydrogens is 430 g/mol. The number of amides is 1. The van der Waals surface area contributed by atoms with E-state index in [2.05, 4.69) is 15.9 Å². The van der Waals surface area contributed by atoms with E-state index in [1.54, 1.807) is 17.0 Å². The maximum Gasteiger partial charge on any atom is 0.295 e. The van der Waals surface area contributed by atoms with E-state index in [1.807, 2.05) is 43.3 Å². The number of hydrogen-bond donors (Lipinski definition) is 1. The van der Waals surface area contributed by atoms with E-state index in [9.17, 15) is 14.7 Å². The molecule has 4 nitrogen and oxygen atoms in total. The third-order valence-electron chi connectivity index (χ3n) is 5.92. The Morgan fingerprint density at radius 3 is 2.38 bits per heavy atom. The lowest BCUT2D eigenvalue weighted by Crippen LogP contribution is -2.40. The number of aliphatic hydroxyl groups excluding tert-OH is 1. The normalized spacial score (nSPS) is 22.3. The number of aliphatic hydroxyl groups is 1. The fourth-order valence-electron chi connectivity index (χ4n) is 4.52. The van der Waals surface area contributed by atoms with Crippen LogP contribution in [0.3, 0.4) is 0 Å². The van der Waals surface area contributed by atoms with Gasteiger partial charge in [0, 0.05) is 16.1 Å². The molecule has 1 atom stereocenters. The van der Waals surface area contributed by atoms with E-state index in [0.29, 0.717) is 5.56 Å². The van der Waals surface area contributed by atoms with Crippen molar-refractivity contribution >= 4 is 33.4 Å². The molecule has 2 aliphatic rings. The Morgan fingerprint density at radius 2 is 1.72 bits per heavy atom. The number of carbonyl (C=O) groups excluding carboxylic acids is 2. The molecule has 0 bridgehead atoms. The quantitative estimate of drug-likeness (QED) is 0.378. The summed E-state index contributed by atoms with van der Waals surface area (Å²) in [5.74, 6) is -1.20. The van der Waals surface area contributed by atoms with Gasteiger partial charge in [-0.3, -0.25) is 9.59 Å². The zero-order valence-electron chi connectivity index (χ0n) is 16.4. The minimum Gasteiger partial charge on any atom is -0.507 e. The molecule has 1 aliphatic carbocycles. The molecule has 0 spiro atoms. The van der Waals surface area contributed by atoms with Crippen LogP contribution in [0.25, 0.3) is 5.76 Å². The van der Waals surface area contributed by atoms with Gasteiger partial charge in [-0.25, -0.2) is 0 Å². The number of hydrogen-bond acceptors (Lipinski definition) is 3. The Morgan fingerprint density at radius 1 is 1.03 bits per heavy atom. The lowest BCUT2D eigenvalue weighted by molar-refractivity contribution is -0.141. The summed E-state index contributed by atoms with van der Waals surface area (Å²) in [4.78, 5) is 27.9. The monoisotopic (exact) mass is 453 g/mol. The van der Waals surface area contributed by atoms with E-state index < -0.39 is 17.7 Å². The van der Waals surface area contributed by atoms with Gasteiger partial charge in [-0.15, -0.1) is 0 Å². The molecule has 1 N–H and O–H groups in total. The summed E-state index contributed by atoms with van der Waals surface area (Å²) in [5, 5.41) is 11.1. The summed E-state index contributed by atoms with van der Waals surface area (Å²) in [6.45, 7) is 1.99. The van der Waals surface area contributed by atoms with Crippen molar-refractivity contribution in [1.29, 1.82) is 0 Å². The molecule has 1 aliphatic heterocycles. The highest BCUT2D eigenvalue weighted by atomic mass is 79.9. The van der Waals surface area contributed by atoms with Gasteiger partial charge in [-0.05, 0) is 37.5 Å². The van der Waals surface area contributed by atoms with Crippen molar-refractivity contribution in [3.63, 3.8) is 0 Å². The van der Waals surface area contributed by atoms with Crippen molar-refractivity contribution in [2.24, 2.45) is 0 Å². The highest BCUT2D eigenvalue weighted by Gasteiger charge is 2.48. The lowest BCUT2D eigenvalue weighted by Gasteiger charge is -2.35. The molecule has 1 saturated carbocycles. The van der Waals surface area contributed by atoms with Crippen LogP contribution in [0.2, 0.25) is 0 Å². The van der Waals surface area contributed by atoms with Crippen LogP contribution in [-0.4, -0.2) is 27.7 Å². The fraction of sp³-hybridized carbons (Fsp3) is 0.333. The number of nitrogens with zero attached hydrogens (tertiary/aromatic N) is 1. The summed E-state index contributed by atoms with van der Waals surface area (Å²) in [6.07, 6.45) is 5.07. The molecule has 2 aromatic rings. The predicted octanol–water partition coefficient (Wildman–Crippen LogP) is 5.51.